The van der Waals surface area contributed by atoms with Gasteiger partial charge in [-0.05, 0) is 18.2 Å². The molecule has 94 valence electrons. The summed E-state index contributed by atoms with van der Waals surface area (Å²) in [6.07, 6.45) is 0. The first-order valence-corrected chi connectivity index (χ1v) is 5.52. The van der Waals surface area contributed by atoms with E-state index in [1.165, 1.54) is 18.2 Å². The molecule has 7 heteroatoms. The molecular weight excluding hydrogens is 258 g/mol. The fraction of sp³-hybridized carbons (Fsp3) is 0.182. The van der Waals surface area contributed by atoms with E-state index < -0.39 is 17.7 Å². The highest BCUT2D eigenvalue weighted by Crippen LogP contribution is 2.20. The Hall–Kier alpha value is -2.08. The van der Waals surface area contributed by atoms with Gasteiger partial charge in [-0.3, -0.25) is 19.7 Å². The van der Waals surface area contributed by atoms with E-state index in [4.69, 9.17) is 17.3 Å². The number of nitrogens with two attached hydrogens (primary N) is 1. The Balaban J connectivity index is 2.22. The average Bonchev–Trinajstić information content (AvgIpc) is 2.30. The van der Waals surface area contributed by atoms with Crippen molar-refractivity contribution in [2.75, 3.05) is 18.8 Å². The summed E-state index contributed by atoms with van der Waals surface area (Å²) in [6.45, 7) is -0.291. The largest absolute Gasteiger partial charge is 0.398 e. The molecule has 1 aromatic rings. The Labute approximate surface area is 108 Å². The number of carbonyl (C=O) groups excluding carboxylic acids is 3. The number of piperazine rings is 1. The summed E-state index contributed by atoms with van der Waals surface area (Å²) in [7, 11) is 0. The second-order valence-corrected chi connectivity index (χ2v) is 4.28. The lowest BCUT2D eigenvalue weighted by Crippen LogP contribution is -2.53. The van der Waals surface area contributed by atoms with Crippen molar-refractivity contribution in [3.8, 4) is 0 Å². The predicted octanol–water partition coefficient (Wildman–Crippen LogP) is 0.0208. The monoisotopic (exact) mass is 267 g/mol. The zero-order valence-corrected chi connectivity index (χ0v) is 10.0. The van der Waals surface area contributed by atoms with Crippen LogP contribution in [0.3, 0.4) is 0 Å². The molecule has 1 aliphatic rings. The Bertz CT molecular complexity index is 528. The first-order chi connectivity index (χ1) is 8.47. The van der Waals surface area contributed by atoms with Crippen molar-refractivity contribution in [2.24, 2.45) is 0 Å². The van der Waals surface area contributed by atoms with Gasteiger partial charge in [0.05, 0.1) is 10.7 Å². The molecule has 0 saturated carbocycles. The summed E-state index contributed by atoms with van der Waals surface area (Å²) in [6, 6.07) is 4.41. The smallest absolute Gasteiger partial charge is 0.254 e. The van der Waals surface area contributed by atoms with Gasteiger partial charge in [-0.2, -0.15) is 0 Å². The number of rotatable bonds is 1. The van der Waals surface area contributed by atoms with Gasteiger partial charge in [0.25, 0.3) is 5.91 Å². The molecule has 0 aliphatic carbocycles. The topological polar surface area (TPSA) is 92.5 Å². The molecule has 0 aromatic heterocycles. The third kappa shape index (κ3) is 2.43. The number of nitrogen functional groups attached to an aromatic ring is 1. The number of benzene rings is 1. The van der Waals surface area contributed by atoms with Gasteiger partial charge in [0.15, 0.2) is 0 Å². The van der Waals surface area contributed by atoms with Crippen molar-refractivity contribution >= 4 is 35.0 Å². The number of imide groups is 1. The minimum absolute atomic E-state index is 0.146. The zero-order valence-electron chi connectivity index (χ0n) is 9.27. The molecule has 0 spiro atoms. The number of nitrogens with one attached hydrogen (secondary N) is 1. The van der Waals surface area contributed by atoms with Crippen molar-refractivity contribution < 1.29 is 14.4 Å². The lowest BCUT2D eigenvalue weighted by atomic mass is 10.1. The molecule has 2 rings (SSSR count). The maximum Gasteiger partial charge on any atom is 0.254 e. The maximum absolute atomic E-state index is 12.0. The summed E-state index contributed by atoms with van der Waals surface area (Å²) < 4.78 is 0. The summed E-state index contributed by atoms with van der Waals surface area (Å²) in [5, 5.41) is 2.46. The number of nitrogens with zero attached hydrogens (tertiary/aromatic N) is 1. The Morgan fingerprint density at radius 3 is 2.44 bits per heavy atom. The summed E-state index contributed by atoms with van der Waals surface area (Å²) >= 11 is 5.75. The SMILES string of the molecule is Nc1cc(C(=O)N2CC(=O)NC(=O)C2)ccc1Cl. The molecule has 0 unspecified atom stereocenters. The Kier molecular flexibility index (Phi) is 3.20. The standard InChI is InChI=1S/C11H10ClN3O3/c12-7-2-1-6(3-8(7)13)11(18)15-4-9(16)14-10(17)5-15/h1-3H,4-5,13H2,(H,14,16,17). The Morgan fingerprint density at radius 2 is 1.89 bits per heavy atom. The number of anilines is 1. The van der Waals surface area contributed by atoms with Crippen LogP contribution in [0.4, 0.5) is 5.69 Å². The molecular formula is C11H10ClN3O3. The predicted molar refractivity (Wildman–Crippen MR) is 64.9 cm³/mol. The first kappa shape index (κ1) is 12.4. The lowest BCUT2D eigenvalue weighted by Gasteiger charge is -2.25. The number of hydrogen-bond donors (Lipinski definition) is 2. The second-order valence-electron chi connectivity index (χ2n) is 3.87. The Morgan fingerprint density at radius 1 is 1.28 bits per heavy atom. The molecule has 18 heavy (non-hydrogen) atoms. The molecule has 3 N–H and O–H groups in total. The van der Waals surface area contributed by atoms with Crippen LogP contribution in [0.2, 0.25) is 5.02 Å². The lowest BCUT2D eigenvalue weighted by molar-refractivity contribution is -0.135. The molecule has 1 aliphatic heterocycles. The van der Waals surface area contributed by atoms with Gasteiger partial charge in [0.2, 0.25) is 11.8 Å². The summed E-state index contributed by atoms with van der Waals surface area (Å²) in [5.74, 6) is -1.43. The van der Waals surface area contributed by atoms with Crippen molar-refractivity contribution in [3.05, 3.63) is 28.8 Å². The fourth-order valence-electron chi connectivity index (χ4n) is 1.64. The highest BCUT2D eigenvalue weighted by molar-refractivity contribution is 6.33. The van der Waals surface area contributed by atoms with E-state index >= 15 is 0 Å². The normalized spacial score (nSPS) is 15.5. The van der Waals surface area contributed by atoms with Crippen LogP contribution < -0.4 is 11.1 Å². The van der Waals surface area contributed by atoms with Gasteiger partial charge in [0.1, 0.15) is 13.1 Å². The highest BCUT2D eigenvalue weighted by Gasteiger charge is 2.27. The molecule has 1 heterocycles. The molecule has 0 radical (unpaired) electrons. The van der Waals surface area contributed by atoms with Crippen molar-refractivity contribution in [1.29, 1.82) is 0 Å². The van der Waals surface area contributed by atoms with E-state index in [-0.39, 0.29) is 18.8 Å². The molecule has 0 bridgehead atoms. The minimum atomic E-state index is -0.499. The van der Waals surface area contributed by atoms with Crippen LogP contribution in [0, 0.1) is 0 Å². The van der Waals surface area contributed by atoms with E-state index in [1.807, 2.05) is 0 Å². The molecule has 3 amide bonds. The molecule has 1 saturated heterocycles. The number of hydrogen-bond acceptors (Lipinski definition) is 4. The van der Waals surface area contributed by atoms with E-state index in [2.05, 4.69) is 5.32 Å². The molecule has 1 aromatic carbocycles. The van der Waals surface area contributed by atoms with Crippen molar-refractivity contribution in [2.45, 2.75) is 0 Å². The van der Waals surface area contributed by atoms with E-state index in [0.29, 0.717) is 10.6 Å². The quantitative estimate of drug-likeness (QED) is 0.554. The molecule has 1 fully saturated rings. The molecule has 6 nitrogen and oxygen atoms in total. The van der Waals surface area contributed by atoms with Crippen molar-refractivity contribution in [1.82, 2.24) is 10.2 Å². The van der Waals surface area contributed by atoms with E-state index in [0.717, 1.165) is 4.90 Å². The van der Waals surface area contributed by atoms with E-state index in [9.17, 15) is 14.4 Å². The maximum atomic E-state index is 12.0. The van der Waals surface area contributed by atoms with Gasteiger partial charge < -0.3 is 10.6 Å². The molecule has 0 atom stereocenters. The van der Waals surface area contributed by atoms with Crippen LogP contribution in [0.1, 0.15) is 10.4 Å². The van der Waals surface area contributed by atoms with Crippen LogP contribution in [0.25, 0.3) is 0 Å². The summed E-state index contributed by atoms with van der Waals surface area (Å²) in [4.78, 5) is 35.5. The van der Waals surface area contributed by atoms with Crippen LogP contribution in [-0.2, 0) is 9.59 Å². The highest BCUT2D eigenvalue weighted by atomic mass is 35.5. The van der Waals surface area contributed by atoms with E-state index in [1.54, 1.807) is 0 Å². The number of halogens is 1. The average molecular weight is 268 g/mol. The summed E-state index contributed by atoms with van der Waals surface area (Å²) in [5.41, 5.74) is 6.16. The van der Waals surface area contributed by atoms with Gasteiger partial charge in [0, 0.05) is 5.56 Å². The third-order valence-corrected chi connectivity index (χ3v) is 2.82. The van der Waals surface area contributed by atoms with Gasteiger partial charge >= 0.3 is 0 Å². The third-order valence-electron chi connectivity index (χ3n) is 2.48. The van der Waals surface area contributed by atoms with Gasteiger partial charge in [-0.25, -0.2) is 0 Å². The number of amides is 3. The van der Waals surface area contributed by atoms with Crippen LogP contribution >= 0.6 is 11.6 Å². The first-order valence-electron chi connectivity index (χ1n) is 5.14. The second kappa shape index (κ2) is 4.66. The number of carbonyl (C=O) groups is 3. The van der Waals surface area contributed by atoms with Gasteiger partial charge in [-0.1, -0.05) is 11.6 Å². The van der Waals surface area contributed by atoms with Gasteiger partial charge in [-0.15, -0.1) is 0 Å². The minimum Gasteiger partial charge on any atom is -0.398 e. The van der Waals surface area contributed by atoms with Crippen molar-refractivity contribution in [3.63, 3.8) is 0 Å². The van der Waals surface area contributed by atoms with Crippen LogP contribution in [0.15, 0.2) is 18.2 Å². The zero-order chi connectivity index (χ0) is 13.3. The van der Waals surface area contributed by atoms with Crippen LogP contribution in [-0.4, -0.2) is 35.7 Å². The fourth-order valence-corrected chi connectivity index (χ4v) is 1.76. The van der Waals surface area contributed by atoms with Crippen LogP contribution in [0.5, 0.6) is 0 Å².